The maximum Gasteiger partial charge on any atom is 0.249 e. The van der Waals surface area contributed by atoms with E-state index in [0.29, 0.717) is 25.1 Å². The summed E-state index contributed by atoms with van der Waals surface area (Å²) in [6.07, 6.45) is 3.84. The van der Waals surface area contributed by atoms with Gasteiger partial charge in [0.2, 0.25) is 11.8 Å². The molecule has 0 atom stereocenters. The van der Waals surface area contributed by atoms with Crippen LogP contribution in [0.3, 0.4) is 0 Å². The maximum absolute atomic E-state index is 12.5. The van der Waals surface area contributed by atoms with Crippen LogP contribution in [0.4, 0.5) is 17.1 Å². The fourth-order valence-electron chi connectivity index (χ4n) is 4.08. The Labute approximate surface area is 178 Å². The molecule has 2 amide bonds. The minimum atomic E-state index is -0.457. The van der Waals surface area contributed by atoms with Crippen molar-refractivity contribution in [3.8, 4) is 0 Å². The highest BCUT2D eigenvalue weighted by molar-refractivity contribution is 6.06. The van der Waals surface area contributed by atoms with Crippen LogP contribution in [0.5, 0.6) is 0 Å². The van der Waals surface area contributed by atoms with Gasteiger partial charge in [-0.05, 0) is 43.4 Å². The Bertz CT molecular complexity index is 896. The zero-order valence-corrected chi connectivity index (χ0v) is 18.0. The first-order chi connectivity index (χ1) is 14.6. The predicted octanol–water partition coefficient (Wildman–Crippen LogP) is 3.95. The summed E-state index contributed by atoms with van der Waals surface area (Å²) < 4.78 is 0. The molecule has 2 aromatic rings. The van der Waals surface area contributed by atoms with Gasteiger partial charge in [-0.2, -0.15) is 0 Å². The first-order valence-corrected chi connectivity index (χ1v) is 10.9. The summed E-state index contributed by atoms with van der Waals surface area (Å²) in [5, 5.41) is 7.01. The van der Waals surface area contributed by atoms with E-state index in [1.165, 1.54) is 5.56 Å². The SMILES string of the molecule is CCCc1c(C(N)=O)cc(N2CCCC2=O)c(NCCc2ccccc2)c1NCC. The van der Waals surface area contributed by atoms with E-state index in [2.05, 4.69) is 29.7 Å². The molecule has 0 bridgehead atoms. The number of hydrogen-bond acceptors (Lipinski definition) is 4. The molecule has 0 saturated carbocycles. The number of nitrogens with zero attached hydrogens (tertiary/aromatic N) is 1. The van der Waals surface area contributed by atoms with Crippen LogP contribution >= 0.6 is 0 Å². The van der Waals surface area contributed by atoms with Crippen molar-refractivity contribution >= 4 is 28.9 Å². The van der Waals surface area contributed by atoms with Crippen molar-refractivity contribution in [3.05, 3.63) is 53.1 Å². The molecule has 1 aliphatic rings. The Morgan fingerprint density at radius 2 is 1.87 bits per heavy atom. The van der Waals surface area contributed by atoms with Gasteiger partial charge in [0.1, 0.15) is 0 Å². The number of primary amides is 1. The Morgan fingerprint density at radius 1 is 1.10 bits per heavy atom. The molecule has 30 heavy (non-hydrogen) atoms. The number of rotatable bonds is 10. The minimum Gasteiger partial charge on any atom is -0.383 e. The van der Waals surface area contributed by atoms with E-state index in [1.54, 1.807) is 4.90 Å². The lowest BCUT2D eigenvalue weighted by atomic mass is 9.96. The largest absolute Gasteiger partial charge is 0.383 e. The number of carbonyl (C=O) groups is 2. The fourth-order valence-corrected chi connectivity index (χ4v) is 4.08. The first-order valence-electron chi connectivity index (χ1n) is 10.9. The van der Waals surface area contributed by atoms with Crippen molar-refractivity contribution in [2.45, 2.75) is 46.0 Å². The van der Waals surface area contributed by atoms with E-state index in [0.717, 1.165) is 54.9 Å². The molecule has 0 aliphatic carbocycles. The van der Waals surface area contributed by atoms with Gasteiger partial charge in [-0.1, -0.05) is 43.7 Å². The number of hydrogen-bond donors (Lipinski definition) is 3. The van der Waals surface area contributed by atoms with E-state index < -0.39 is 5.91 Å². The Hall–Kier alpha value is -3.02. The van der Waals surface area contributed by atoms with Gasteiger partial charge in [-0.25, -0.2) is 0 Å². The number of amides is 2. The van der Waals surface area contributed by atoms with Crippen LogP contribution in [0.25, 0.3) is 0 Å². The third kappa shape index (κ3) is 4.75. The van der Waals surface area contributed by atoms with Gasteiger partial charge in [0.15, 0.2) is 0 Å². The second-order valence-electron chi connectivity index (χ2n) is 7.63. The molecule has 2 aromatic carbocycles. The Morgan fingerprint density at radius 3 is 2.47 bits per heavy atom. The lowest BCUT2D eigenvalue weighted by molar-refractivity contribution is -0.117. The highest BCUT2D eigenvalue weighted by Gasteiger charge is 2.28. The molecule has 1 saturated heterocycles. The van der Waals surface area contributed by atoms with Crippen molar-refractivity contribution in [1.29, 1.82) is 0 Å². The molecular weight excluding hydrogens is 376 g/mol. The van der Waals surface area contributed by atoms with Crippen molar-refractivity contribution < 1.29 is 9.59 Å². The molecular formula is C24H32N4O2. The normalized spacial score (nSPS) is 13.5. The van der Waals surface area contributed by atoms with Crippen LogP contribution < -0.4 is 21.3 Å². The fraction of sp³-hybridized carbons (Fsp3) is 0.417. The van der Waals surface area contributed by atoms with Gasteiger partial charge < -0.3 is 21.3 Å². The quantitative estimate of drug-likeness (QED) is 0.555. The summed E-state index contributed by atoms with van der Waals surface area (Å²) in [7, 11) is 0. The molecule has 0 unspecified atom stereocenters. The second-order valence-corrected chi connectivity index (χ2v) is 7.63. The summed E-state index contributed by atoms with van der Waals surface area (Å²) in [4.78, 5) is 26.6. The summed E-state index contributed by atoms with van der Waals surface area (Å²) in [5.74, 6) is -0.372. The molecule has 0 spiro atoms. The minimum absolute atomic E-state index is 0.0854. The van der Waals surface area contributed by atoms with Gasteiger partial charge >= 0.3 is 0 Å². The van der Waals surface area contributed by atoms with Crippen LogP contribution in [0.15, 0.2) is 36.4 Å². The topological polar surface area (TPSA) is 87.5 Å². The van der Waals surface area contributed by atoms with Crippen molar-refractivity contribution in [3.63, 3.8) is 0 Å². The molecule has 6 heteroatoms. The third-order valence-corrected chi connectivity index (χ3v) is 5.46. The van der Waals surface area contributed by atoms with Crippen LogP contribution in [-0.4, -0.2) is 31.4 Å². The van der Waals surface area contributed by atoms with E-state index in [9.17, 15) is 9.59 Å². The highest BCUT2D eigenvalue weighted by Crippen LogP contribution is 2.41. The molecule has 1 heterocycles. The number of carbonyl (C=O) groups excluding carboxylic acids is 2. The molecule has 0 radical (unpaired) electrons. The number of benzene rings is 2. The van der Waals surface area contributed by atoms with E-state index in [-0.39, 0.29) is 5.91 Å². The van der Waals surface area contributed by atoms with Crippen LogP contribution in [0, 0.1) is 0 Å². The van der Waals surface area contributed by atoms with Crippen LogP contribution in [0.1, 0.15) is 54.6 Å². The van der Waals surface area contributed by atoms with Crippen LogP contribution in [-0.2, 0) is 17.6 Å². The first kappa shape index (κ1) is 21.7. The zero-order chi connectivity index (χ0) is 21.5. The van der Waals surface area contributed by atoms with Crippen molar-refractivity contribution in [2.24, 2.45) is 5.73 Å². The number of nitrogens with one attached hydrogen (secondary N) is 2. The molecule has 3 rings (SSSR count). The lowest BCUT2D eigenvalue weighted by Gasteiger charge is -2.27. The molecule has 4 N–H and O–H groups in total. The molecule has 6 nitrogen and oxygen atoms in total. The van der Waals surface area contributed by atoms with Crippen molar-refractivity contribution in [2.75, 3.05) is 35.2 Å². The van der Waals surface area contributed by atoms with E-state index in [4.69, 9.17) is 5.73 Å². The summed E-state index contributed by atoms with van der Waals surface area (Å²) >= 11 is 0. The molecule has 0 aromatic heterocycles. The molecule has 160 valence electrons. The average Bonchev–Trinajstić information content (AvgIpc) is 3.16. The molecule has 1 aliphatic heterocycles. The maximum atomic E-state index is 12.5. The van der Waals surface area contributed by atoms with Gasteiger partial charge in [-0.15, -0.1) is 0 Å². The third-order valence-electron chi connectivity index (χ3n) is 5.46. The van der Waals surface area contributed by atoms with Gasteiger partial charge in [0.25, 0.3) is 0 Å². The summed E-state index contributed by atoms with van der Waals surface area (Å²) in [6.45, 7) is 6.20. The average molecular weight is 409 g/mol. The lowest BCUT2D eigenvalue weighted by Crippen LogP contribution is -2.27. The predicted molar refractivity (Wildman–Crippen MR) is 123 cm³/mol. The van der Waals surface area contributed by atoms with Gasteiger partial charge in [-0.3, -0.25) is 9.59 Å². The van der Waals surface area contributed by atoms with E-state index >= 15 is 0 Å². The zero-order valence-electron chi connectivity index (χ0n) is 18.0. The standard InChI is InChI=1S/C24H32N4O2/c1-3-9-18-19(24(25)30)16-20(28-15-8-12-21(28)29)23(22(18)26-4-2)27-14-13-17-10-6-5-7-11-17/h5-7,10-11,16,26-27H,3-4,8-9,12-15H2,1-2H3,(H2,25,30). The Kier molecular flexibility index (Phi) is 7.33. The Balaban J connectivity index is 2.05. The van der Waals surface area contributed by atoms with E-state index in [1.807, 2.05) is 31.2 Å². The number of nitrogens with two attached hydrogens (primary N) is 1. The van der Waals surface area contributed by atoms with Crippen LogP contribution in [0.2, 0.25) is 0 Å². The summed E-state index contributed by atoms with van der Waals surface area (Å²) in [6, 6.07) is 12.1. The van der Waals surface area contributed by atoms with Gasteiger partial charge in [0.05, 0.1) is 17.1 Å². The highest BCUT2D eigenvalue weighted by atomic mass is 16.2. The second kappa shape index (κ2) is 10.1. The number of anilines is 3. The van der Waals surface area contributed by atoms with Crippen molar-refractivity contribution in [1.82, 2.24) is 0 Å². The van der Waals surface area contributed by atoms with Gasteiger partial charge in [0, 0.05) is 31.6 Å². The molecule has 1 fully saturated rings. The summed E-state index contributed by atoms with van der Waals surface area (Å²) in [5.41, 5.74) is 10.9. The monoisotopic (exact) mass is 408 g/mol. The smallest absolute Gasteiger partial charge is 0.249 e.